The topological polar surface area (TPSA) is 84.9 Å². The van der Waals surface area contributed by atoms with E-state index in [0.29, 0.717) is 13.0 Å². The van der Waals surface area contributed by atoms with Gasteiger partial charge in [-0.1, -0.05) is 44.2 Å². The Hall–Kier alpha value is -2.57. The number of hydrogen-bond acceptors (Lipinski definition) is 5. The third kappa shape index (κ3) is 9.45. The number of esters is 1. The number of ether oxygens (including phenoxy) is 2. The normalized spacial score (nSPS) is 12.2. The lowest BCUT2D eigenvalue weighted by Crippen LogP contribution is -2.53. The van der Waals surface area contributed by atoms with Crippen LogP contribution in [0.15, 0.2) is 30.3 Å². The van der Waals surface area contributed by atoms with Crippen molar-refractivity contribution in [1.82, 2.24) is 10.2 Å². The molecule has 1 aromatic carbocycles. The highest BCUT2D eigenvalue weighted by Gasteiger charge is 2.31. The van der Waals surface area contributed by atoms with Crippen molar-refractivity contribution in [3.05, 3.63) is 35.9 Å². The number of alkyl carbamates (subject to hydrolysis) is 1. The van der Waals surface area contributed by atoms with Crippen molar-refractivity contribution in [1.29, 1.82) is 0 Å². The molecule has 0 aliphatic heterocycles. The minimum absolute atomic E-state index is 0.168. The van der Waals surface area contributed by atoms with Crippen LogP contribution in [0, 0.1) is 5.92 Å². The molecule has 1 N–H and O–H groups in total. The maximum atomic E-state index is 13.2. The maximum absolute atomic E-state index is 13.2. The standard InChI is InChI=1S/C22H34N2O5/c1-7-28-18(25)15-24(14-13-17-11-9-8-10-12-17)20(26)19(16(2)3)23-21(27)29-22(4,5)6/h8-12,16,19H,7,13-15H2,1-6H3,(H,23,27)/t19-/m0/s1. The molecule has 0 saturated heterocycles. The van der Waals surface area contributed by atoms with Gasteiger partial charge >= 0.3 is 12.1 Å². The first-order chi connectivity index (χ1) is 13.5. The lowest BCUT2D eigenvalue weighted by atomic mass is 10.0. The molecule has 2 amide bonds. The lowest BCUT2D eigenvalue weighted by Gasteiger charge is -2.30. The highest BCUT2D eigenvalue weighted by atomic mass is 16.6. The lowest BCUT2D eigenvalue weighted by molar-refractivity contribution is -0.149. The highest BCUT2D eigenvalue weighted by molar-refractivity contribution is 5.88. The fourth-order valence-electron chi connectivity index (χ4n) is 2.68. The molecule has 162 valence electrons. The molecule has 7 nitrogen and oxygen atoms in total. The van der Waals surface area contributed by atoms with Crippen LogP contribution in [0.4, 0.5) is 4.79 Å². The van der Waals surface area contributed by atoms with Gasteiger partial charge in [0.15, 0.2) is 0 Å². The average molecular weight is 407 g/mol. The number of amides is 2. The van der Waals surface area contributed by atoms with Crippen LogP contribution in [0.1, 0.15) is 47.1 Å². The Balaban J connectivity index is 2.93. The van der Waals surface area contributed by atoms with Gasteiger partial charge in [-0.25, -0.2) is 4.79 Å². The molecule has 0 aliphatic rings. The van der Waals surface area contributed by atoms with E-state index in [2.05, 4.69) is 5.32 Å². The number of hydrogen-bond donors (Lipinski definition) is 1. The van der Waals surface area contributed by atoms with Gasteiger partial charge in [0, 0.05) is 6.54 Å². The zero-order chi connectivity index (χ0) is 22.0. The molecule has 0 saturated carbocycles. The van der Waals surface area contributed by atoms with Crippen LogP contribution in [0.3, 0.4) is 0 Å². The van der Waals surface area contributed by atoms with Crippen molar-refractivity contribution in [2.45, 2.75) is 59.6 Å². The minimum atomic E-state index is -0.810. The predicted molar refractivity (Wildman–Crippen MR) is 111 cm³/mol. The molecule has 1 atom stereocenters. The zero-order valence-electron chi connectivity index (χ0n) is 18.4. The van der Waals surface area contributed by atoms with Gasteiger partial charge in [-0.15, -0.1) is 0 Å². The Morgan fingerprint density at radius 2 is 1.72 bits per heavy atom. The molecule has 1 aromatic rings. The van der Waals surface area contributed by atoms with E-state index in [4.69, 9.17) is 9.47 Å². The number of carbonyl (C=O) groups is 3. The third-order valence-electron chi connectivity index (χ3n) is 4.06. The Kier molecular flexibility index (Phi) is 9.65. The van der Waals surface area contributed by atoms with E-state index in [1.165, 1.54) is 4.90 Å². The van der Waals surface area contributed by atoms with Crippen molar-refractivity contribution in [2.75, 3.05) is 19.7 Å². The summed E-state index contributed by atoms with van der Waals surface area (Å²) >= 11 is 0. The summed E-state index contributed by atoms with van der Waals surface area (Å²) in [7, 11) is 0. The van der Waals surface area contributed by atoms with Gasteiger partial charge in [0.2, 0.25) is 5.91 Å². The van der Waals surface area contributed by atoms with E-state index in [1.807, 2.05) is 44.2 Å². The zero-order valence-corrected chi connectivity index (χ0v) is 18.4. The van der Waals surface area contributed by atoms with Gasteiger partial charge in [-0.3, -0.25) is 9.59 Å². The minimum Gasteiger partial charge on any atom is -0.465 e. The van der Waals surface area contributed by atoms with E-state index in [-0.39, 0.29) is 25.0 Å². The average Bonchev–Trinajstić information content (AvgIpc) is 2.62. The van der Waals surface area contributed by atoms with E-state index in [0.717, 1.165) is 5.56 Å². The summed E-state index contributed by atoms with van der Waals surface area (Å²) in [6.45, 7) is 11.1. The summed E-state index contributed by atoms with van der Waals surface area (Å²) in [5, 5.41) is 2.65. The number of nitrogens with zero attached hydrogens (tertiary/aromatic N) is 1. The Labute approximate surface area is 173 Å². The van der Waals surface area contributed by atoms with Gasteiger partial charge in [-0.05, 0) is 45.6 Å². The van der Waals surface area contributed by atoms with Crippen molar-refractivity contribution >= 4 is 18.0 Å². The van der Waals surface area contributed by atoms with E-state index in [9.17, 15) is 14.4 Å². The molecule has 0 unspecified atom stereocenters. The van der Waals surface area contributed by atoms with E-state index >= 15 is 0 Å². The predicted octanol–water partition coefficient (Wildman–Crippen LogP) is 3.17. The fraction of sp³-hybridized carbons (Fsp3) is 0.591. The molecule has 1 rings (SSSR count). The van der Waals surface area contributed by atoms with E-state index < -0.39 is 23.7 Å². The molecular weight excluding hydrogens is 372 g/mol. The van der Waals surface area contributed by atoms with Crippen molar-refractivity contribution in [3.8, 4) is 0 Å². The summed E-state index contributed by atoms with van der Waals surface area (Å²) < 4.78 is 10.3. The summed E-state index contributed by atoms with van der Waals surface area (Å²) in [5.41, 5.74) is 0.377. The van der Waals surface area contributed by atoms with E-state index in [1.54, 1.807) is 27.7 Å². The van der Waals surface area contributed by atoms with Crippen LogP contribution in [0.2, 0.25) is 0 Å². The quantitative estimate of drug-likeness (QED) is 0.637. The molecule has 0 aliphatic carbocycles. The largest absolute Gasteiger partial charge is 0.465 e. The first-order valence-corrected chi connectivity index (χ1v) is 10.0. The third-order valence-corrected chi connectivity index (χ3v) is 4.06. The second-order valence-electron chi connectivity index (χ2n) is 8.17. The first-order valence-electron chi connectivity index (χ1n) is 10.0. The van der Waals surface area contributed by atoms with Gasteiger partial charge < -0.3 is 19.7 Å². The molecule has 0 heterocycles. The second-order valence-corrected chi connectivity index (χ2v) is 8.17. The molecule has 0 spiro atoms. The van der Waals surface area contributed by atoms with Crippen LogP contribution in [0.25, 0.3) is 0 Å². The van der Waals surface area contributed by atoms with Crippen LogP contribution in [-0.4, -0.2) is 54.2 Å². The molecule has 7 heteroatoms. The van der Waals surface area contributed by atoms with Crippen LogP contribution < -0.4 is 5.32 Å². The van der Waals surface area contributed by atoms with Crippen LogP contribution >= 0.6 is 0 Å². The summed E-state index contributed by atoms with van der Waals surface area (Å²) in [4.78, 5) is 38.9. The fourth-order valence-corrected chi connectivity index (χ4v) is 2.68. The first kappa shape index (κ1) is 24.5. The molecule has 0 aromatic heterocycles. The Morgan fingerprint density at radius 1 is 1.10 bits per heavy atom. The maximum Gasteiger partial charge on any atom is 0.408 e. The molecule has 29 heavy (non-hydrogen) atoms. The highest BCUT2D eigenvalue weighted by Crippen LogP contribution is 2.12. The Bertz CT molecular complexity index is 668. The molecular formula is C22H34N2O5. The van der Waals surface area contributed by atoms with Crippen molar-refractivity contribution in [2.24, 2.45) is 5.92 Å². The SMILES string of the molecule is CCOC(=O)CN(CCc1ccccc1)C(=O)[C@@H](NC(=O)OC(C)(C)C)C(C)C. The monoisotopic (exact) mass is 406 g/mol. The van der Waals surface area contributed by atoms with Crippen LogP contribution in [0.5, 0.6) is 0 Å². The summed E-state index contributed by atoms with van der Waals surface area (Å²) in [6, 6.07) is 8.89. The Morgan fingerprint density at radius 3 is 2.24 bits per heavy atom. The number of rotatable bonds is 9. The van der Waals surface area contributed by atoms with Crippen molar-refractivity contribution < 1.29 is 23.9 Å². The number of carbonyl (C=O) groups excluding carboxylic acids is 3. The molecule has 0 fully saturated rings. The van der Waals surface area contributed by atoms with Crippen LogP contribution in [-0.2, 0) is 25.5 Å². The van der Waals surface area contributed by atoms with Gasteiger partial charge in [0.05, 0.1) is 6.61 Å². The number of nitrogens with one attached hydrogen (secondary N) is 1. The molecule has 0 bridgehead atoms. The van der Waals surface area contributed by atoms with Gasteiger partial charge in [0.1, 0.15) is 18.2 Å². The number of benzene rings is 1. The smallest absolute Gasteiger partial charge is 0.408 e. The summed E-state index contributed by atoms with van der Waals surface area (Å²) in [5.74, 6) is -1.00. The van der Waals surface area contributed by atoms with Gasteiger partial charge in [0.25, 0.3) is 0 Å². The second kappa shape index (κ2) is 11.4. The van der Waals surface area contributed by atoms with Crippen molar-refractivity contribution in [3.63, 3.8) is 0 Å². The van der Waals surface area contributed by atoms with Gasteiger partial charge in [-0.2, -0.15) is 0 Å². The molecule has 0 radical (unpaired) electrons. The summed E-state index contributed by atoms with van der Waals surface area (Å²) in [6.07, 6.45) is -0.0767.